The highest BCUT2D eigenvalue weighted by Gasteiger charge is 2.36. The van der Waals surface area contributed by atoms with E-state index in [-0.39, 0.29) is 13.2 Å². The van der Waals surface area contributed by atoms with Crippen molar-refractivity contribution in [3.63, 3.8) is 0 Å². The van der Waals surface area contributed by atoms with Crippen molar-refractivity contribution in [2.24, 2.45) is 5.73 Å². The zero-order chi connectivity index (χ0) is 15.1. The Morgan fingerprint density at radius 3 is 1.95 bits per heavy atom. The van der Waals surface area contributed by atoms with E-state index >= 15 is 0 Å². The Balaban J connectivity index is 1.69. The number of hydroxylamine groups is 2. The second-order valence-electron chi connectivity index (χ2n) is 4.30. The van der Waals surface area contributed by atoms with E-state index < -0.39 is 11.8 Å². The van der Waals surface area contributed by atoms with Crippen LogP contribution in [0, 0.1) is 0 Å². The molecule has 0 aromatic heterocycles. The van der Waals surface area contributed by atoms with Crippen LogP contribution < -0.4 is 5.73 Å². The zero-order valence-electron chi connectivity index (χ0n) is 11.6. The van der Waals surface area contributed by atoms with Gasteiger partial charge in [-0.05, 0) is 12.1 Å². The highest BCUT2D eigenvalue weighted by molar-refractivity contribution is 6.20. The molecule has 7 nitrogen and oxygen atoms in total. The van der Waals surface area contributed by atoms with E-state index in [1.165, 1.54) is 0 Å². The van der Waals surface area contributed by atoms with Gasteiger partial charge < -0.3 is 15.2 Å². The molecule has 1 aliphatic heterocycles. The number of amides is 2. The van der Waals surface area contributed by atoms with E-state index in [2.05, 4.69) is 0 Å². The fourth-order valence-corrected chi connectivity index (χ4v) is 1.88. The van der Waals surface area contributed by atoms with E-state index in [4.69, 9.17) is 20.0 Å². The quantitative estimate of drug-likeness (QED) is 0.517. The Morgan fingerprint density at radius 2 is 1.38 bits per heavy atom. The first kappa shape index (κ1) is 15.6. The molecular formula is C14H18N2O5. The average Bonchev–Trinajstić information content (AvgIpc) is 2.75. The van der Waals surface area contributed by atoms with Crippen molar-refractivity contribution in [1.82, 2.24) is 5.06 Å². The molecule has 1 aromatic carbocycles. The molecule has 2 amide bonds. The van der Waals surface area contributed by atoms with Crippen LogP contribution in [-0.2, 0) is 14.3 Å². The third-order valence-electron chi connectivity index (χ3n) is 2.84. The first-order valence-electron chi connectivity index (χ1n) is 6.72. The zero-order valence-corrected chi connectivity index (χ0v) is 11.6. The lowest BCUT2D eigenvalue weighted by Gasteiger charge is -2.13. The summed E-state index contributed by atoms with van der Waals surface area (Å²) in [6.45, 7) is 2.20. The van der Waals surface area contributed by atoms with E-state index in [1.807, 2.05) is 0 Å². The molecule has 0 atom stereocenters. The second-order valence-corrected chi connectivity index (χ2v) is 4.30. The first-order valence-corrected chi connectivity index (χ1v) is 6.72. The fraction of sp³-hybridized carbons (Fsp3) is 0.429. The summed E-state index contributed by atoms with van der Waals surface area (Å²) in [7, 11) is 0. The number of ether oxygens (including phenoxy) is 2. The van der Waals surface area contributed by atoms with Crippen LogP contribution >= 0.6 is 0 Å². The number of hydrogen-bond acceptors (Lipinski definition) is 6. The smallest absolute Gasteiger partial charge is 0.285 e. The molecule has 0 aliphatic carbocycles. The lowest BCUT2D eigenvalue weighted by Crippen LogP contribution is -2.31. The standard InChI is InChI=1S/C14H18N2O5/c15-5-6-19-7-8-20-9-10-21-16-13(17)11-3-1-2-4-12(11)14(16)18/h1-4H,5-10,15H2. The number of fused-ring (bicyclic) bond motifs is 1. The minimum Gasteiger partial charge on any atom is -0.378 e. The topological polar surface area (TPSA) is 91.1 Å². The van der Waals surface area contributed by atoms with E-state index in [9.17, 15) is 9.59 Å². The summed E-state index contributed by atoms with van der Waals surface area (Å²) in [5, 5.41) is 0.777. The van der Waals surface area contributed by atoms with Crippen molar-refractivity contribution in [1.29, 1.82) is 0 Å². The van der Waals surface area contributed by atoms with Crippen molar-refractivity contribution in [2.45, 2.75) is 0 Å². The van der Waals surface area contributed by atoms with Crippen molar-refractivity contribution < 1.29 is 23.9 Å². The summed E-state index contributed by atoms with van der Waals surface area (Å²) < 4.78 is 10.4. The highest BCUT2D eigenvalue weighted by Crippen LogP contribution is 2.22. The van der Waals surface area contributed by atoms with Gasteiger partial charge >= 0.3 is 0 Å². The van der Waals surface area contributed by atoms with Gasteiger partial charge in [0.15, 0.2) is 0 Å². The molecule has 0 spiro atoms. The van der Waals surface area contributed by atoms with Crippen LogP contribution in [0.15, 0.2) is 24.3 Å². The van der Waals surface area contributed by atoms with Gasteiger partial charge in [0.2, 0.25) is 0 Å². The van der Waals surface area contributed by atoms with Crippen LogP contribution in [0.3, 0.4) is 0 Å². The van der Waals surface area contributed by atoms with Gasteiger partial charge in [0.1, 0.15) is 0 Å². The molecule has 2 N–H and O–H groups in total. The SMILES string of the molecule is NCCOCCOCCON1C(=O)c2ccccc2C1=O. The summed E-state index contributed by atoms with van der Waals surface area (Å²) in [6.07, 6.45) is 0. The van der Waals surface area contributed by atoms with Crippen LogP contribution in [0.1, 0.15) is 20.7 Å². The Labute approximate surface area is 122 Å². The summed E-state index contributed by atoms with van der Waals surface area (Å²) in [5.41, 5.74) is 5.99. The molecule has 1 aliphatic rings. The van der Waals surface area contributed by atoms with E-state index in [1.54, 1.807) is 24.3 Å². The third-order valence-corrected chi connectivity index (χ3v) is 2.84. The van der Waals surface area contributed by atoms with E-state index in [0.717, 1.165) is 5.06 Å². The third kappa shape index (κ3) is 3.85. The van der Waals surface area contributed by atoms with Crippen molar-refractivity contribution >= 4 is 11.8 Å². The lowest BCUT2D eigenvalue weighted by molar-refractivity contribution is -0.107. The second kappa shape index (κ2) is 7.84. The summed E-state index contributed by atoms with van der Waals surface area (Å²) in [4.78, 5) is 29.1. The predicted molar refractivity (Wildman–Crippen MR) is 73.6 cm³/mol. The number of hydrogen-bond donors (Lipinski definition) is 1. The Hall–Kier alpha value is -1.80. The maximum absolute atomic E-state index is 12.0. The summed E-state index contributed by atoms with van der Waals surface area (Å²) in [6, 6.07) is 6.62. The number of carbonyl (C=O) groups excluding carboxylic acids is 2. The largest absolute Gasteiger partial charge is 0.378 e. The Kier molecular flexibility index (Phi) is 5.82. The molecule has 114 valence electrons. The van der Waals surface area contributed by atoms with Gasteiger partial charge in [-0.25, -0.2) is 0 Å². The minimum absolute atomic E-state index is 0.113. The van der Waals surface area contributed by atoms with Crippen LogP contribution in [-0.4, -0.2) is 56.5 Å². The van der Waals surface area contributed by atoms with Gasteiger partial charge in [0, 0.05) is 6.54 Å². The molecule has 1 aromatic rings. The van der Waals surface area contributed by atoms with Crippen LogP contribution in [0.4, 0.5) is 0 Å². The molecule has 0 unspecified atom stereocenters. The number of carbonyl (C=O) groups is 2. The molecule has 0 saturated heterocycles. The van der Waals surface area contributed by atoms with Gasteiger partial charge in [0.25, 0.3) is 11.8 Å². The predicted octanol–water partition coefficient (Wildman–Crippen LogP) is 0.206. The van der Waals surface area contributed by atoms with Gasteiger partial charge in [-0.1, -0.05) is 12.1 Å². The number of rotatable bonds is 9. The molecule has 2 rings (SSSR count). The highest BCUT2D eigenvalue weighted by atomic mass is 16.7. The molecule has 0 radical (unpaired) electrons. The van der Waals surface area contributed by atoms with Crippen molar-refractivity contribution in [3.05, 3.63) is 35.4 Å². The maximum Gasteiger partial charge on any atom is 0.285 e. The molecule has 7 heteroatoms. The van der Waals surface area contributed by atoms with Crippen LogP contribution in [0.2, 0.25) is 0 Å². The fourth-order valence-electron chi connectivity index (χ4n) is 1.88. The van der Waals surface area contributed by atoms with Gasteiger partial charge in [-0.2, -0.15) is 0 Å². The Morgan fingerprint density at radius 1 is 0.857 bits per heavy atom. The molecule has 1 heterocycles. The molecular weight excluding hydrogens is 276 g/mol. The summed E-state index contributed by atoms with van der Waals surface area (Å²) >= 11 is 0. The lowest BCUT2D eigenvalue weighted by atomic mass is 10.1. The Bertz CT molecular complexity index is 471. The number of benzene rings is 1. The molecule has 0 fully saturated rings. The first-order chi connectivity index (χ1) is 10.3. The molecule has 0 saturated carbocycles. The number of nitrogens with zero attached hydrogens (tertiary/aromatic N) is 1. The molecule has 21 heavy (non-hydrogen) atoms. The van der Waals surface area contributed by atoms with Gasteiger partial charge in [0.05, 0.1) is 44.2 Å². The van der Waals surface area contributed by atoms with Crippen LogP contribution in [0.25, 0.3) is 0 Å². The summed E-state index contributed by atoms with van der Waals surface area (Å²) in [5.74, 6) is -0.885. The van der Waals surface area contributed by atoms with Crippen molar-refractivity contribution in [3.8, 4) is 0 Å². The molecule has 0 bridgehead atoms. The monoisotopic (exact) mass is 294 g/mol. The maximum atomic E-state index is 12.0. The van der Waals surface area contributed by atoms with E-state index in [0.29, 0.717) is 37.5 Å². The average molecular weight is 294 g/mol. The number of nitrogens with two attached hydrogens (primary N) is 1. The van der Waals surface area contributed by atoms with Gasteiger partial charge in [-0.15, -0.1) is 5.06 Å². The number of imide groups is 1. The van der Waals surface area contributed by atoms with Crippen LogP contribution in [0.5, 0.6) is 0 Å². The minimum atomic E-state index is -0.443. The van der Waals surface area contributed by atoms with Crippen molar-refractivity contribution in [2.75, 3.05) is 39.6 Å². The normalized spacial score (nSPS) is 13.9. The van der Waals surface area contributed by atoms with Gasteiger partial charge in [-0.3, -0.25) is 14.4 Å².